The minimum Gasteiger partial charge on any atom is -0.488 e. The quantitative estimate of drug-likeness (QED) is 0.0769. The number of fused-ring (bicyclic) bond motifs is 2. The van der Waals surface area contributed by atoms with Crippen LogP contribution < -0.4 is 30.7 Å². The molecule has 398 valence electrons. The second kappa shape index (κ2) is 20.7. The number of rotatable bonds is 13. The lowest BCUT2D eigenvalue weighted by Crippen LogP contribution is -2.57. The predicted octanol–water partition coefficient (Wildman–Crippen LogP) is 6.89. The number of carbonyl (C=O) groups excluding carboxylic acids is 4. The molecule has 0 unspecified atom stereocenters. The van der Waals surface area contributed by atoms with Crippen molar-refractivity contribution in [2.24, 2.45) is 12.8 Å². The Kier molecular flexibility index (Phi) is 14.4. The summed E-state index contributed by atoms with van der Waals surface area (Å²) in [7, 11) is 1.54. The number of aryl methyl sites for hydroxylation is 1. The fourth-order valence-electron chi connectivity index (χ4n) is 12.3. The van der Waals surface area contributed by atoms with Crippen molar-refractivity contribution < 1.29 is 56.4 Å². The summed E-state index contributed by atoms with van der Waals surface area (Å²) in [5.74, 6) is -6.21. The van der Waals surface area contributed by atoms with E-state index in [0.717, 1.165) is 11.6 Å². The standard InChI is InChI=1S/C54H59ClF4N8O8/c1-29-41-39(27-37(57)45(55)44(41)43-34(49(60)70)8-9-38(46(43)58)74-25-24-68)75-54(29,31-6-4-3-5-7-31)28-61-32-10-17-53(73,18-11-32)51(71)66-21-14-33(15-22-66)65-19-12-30(13-20-65)42-36(56)26-35-48(47(42)59)64(2)63-50(35)67-23-16-40(69)62-52(67)72/h3-9,26-27,29-30,32-33,61,68,73H,10-25,28H2,1-2H3,(H2,60,70)(H,62,69,72)/t29-,32?,53?,54-/m0/s1. The number of aliphatic hydroxyl groups excluding tert-OH is 1. The molecule has 75 heavy (non-hydrogen) atoms. The number of nitrogens with zero attached hydrogens (tertiary/aromatic N) is 5. The van der Waals surface area contributed by atoms with E-state index in [9.17, 15) is 29.4 Å². The van der Waals surface area contributed by atoms with Crippen molar-refractivity contribution in [1.29, 1.82) is 0 Å². The van der Waals surface area contributed by atoms with Crippen LogP contribution in [0.25, 0.3) is 22.0 Å². The van der Waals surface area contributed by atoms with Crippen molar-refractivity contribution in [1.82, 2.24) is 30.2 Å². The third-order valence-corrected chi connectivity index (χ3v) is 16.7. The smallest absolute Gasteiger partial charge is 0.329 e. The van der Waals surface area contributed by atoms with Gasteiger partial charge in [0.15, 0.2) is 28.8 Å². The maximum atomic E-state index is 16.5. The van der Waals surface area contributed by atoms with Gasteiger partial charge in [-0.1, -0.05) is 48.9 Å². The van der Waals surface area contributed by atoms with Gasteiger partial charge in [0.1, 0.15) is 35.1 Å². The molecule has 1 aliphatic carbocycles. The topological polar surface area (TPSA) is 205 Å². The first-order chi connectivity index (χ1) is 35.9. The lowest BCUT2D eigenvalue weighted by Gasteiger charge is -2.44. The van der Waals surface area contributed by atoms with Crippen LogP contribution in [0, 0.1) is 23.3 Å². The predicted molar refractivity (Wildman–Crippen MR) is 270 cm³/mol. The molecule has 0 bridgehead atoms. The zero-order valence-corrected chi connectivity index (χ0v) is 42.3. The molecule has 1 saturated carbocycles. The second-order valence-electron chi connectivity index (χ2n) is 20.5. The lowest BCUT2D eigenvalue weighted by atomic mass is 9.76. The highest BCUT2D eigenvalue weighted by Gasteiger charge is 2.51. The van der Waals surface area contributed by atoms with Gasteiger partial charge in [-0.05, 0) is 94.1 Å². The van der Waals surface area contributed by atoms with Gasteiger partial charge < -0.3 is 40.5 Å². The molecule has 4 aromatic carbocycles. The Balaban J connectivity index is 0.770. The number of nitrogens with one attached hydrogen (secondary N) is 2. The summed E-state index contributed by atoms with van der Waals surface area (Å²) in [6.45, 7) is 3.52. The van der Waals surface area contributed by atoms with Crippen LogP contribution in [-0.4, -0.2) is 124 Å². The van der Waals surface area contributed by atoms with Crippen LogP contribution in [0.15, 0.2) is 54.6 Å². The second-order valence-corrected chi connectivity index (χ2v) is 20.9. The van der Waals surface area contributed by atoms with Crippen molar-refractivity contribution in [2.45, 2.75) is 99.8 Å². The molecule has 5 aromatic rings. The fourth-order valence-corrected chi connectivity index (χ4v) is 12.5. The minimum atomic E-state index is -1.57. The molecule has 5 amide bonds. The van der Waals surface area contributed by atoms with E-state index in [-0.39, 0.29) is 113 Å². The molecule has 1 aromatic heterocycles. The van der Waals surface area contributed by atoms with Crippen molar-refractivity contribution in [3.05, 3.63) is 105 Å². The van der Waals surface area contributed by atoms with Crippen molar-refractivity contribution in [3.63, 3.8) is 0 Å². The number of nitrogens with two attached hydrogens (primary N) is 1. The van der Waals surface area contributed by atoms with Gasteiger partial charge in [-0.25, -0.2) is 22.4 Å². The van der Waals surface area contributed by atoms with Crippen LogP contribution in [0.5, 0.6) is 11.5 Å². The molecule has 4 aliphatic heterocycles. The largest absolute Gasteiger partial charge is 0.488 e. The number of aromatic nitrogens is 2. The molecule has 5 aliphatic rings. The number of hydrogen-bond acceptors (Lipinski definition) is 11. The van der Waals surface area contributed by atoms with E-state index in [1.165, 1.54) is 34.8 Å². The number of ether oxygens (including phenoxy) is 2. The van der Waals surface area contributed by atoms with Gasteiger partial charge in [-0.15, -0.1) is 0 Å². The maximum absolute atomic E-state index is 16.5. The number of hydrogen-bond donors (Lipinski definition) is 5. The Morgan fingerprint density at radius 2 is 1.63 bits per heavy atom. The summed E-state index contributed by atoms with van der Waals surface area (Å²) in [4.78, 5) is 56.5. The number of likely N-dealkylation sites (tertiary alicyclic amines) is 2. The molecule has 0 spiro atoms. The maximum Gasteiger partial charge on any atom is 0.329 e. The molecule has 21 heteroatoms. The van der Waals surface area contributed by atoms with Crippen molar-refractivity contribution >= 4 is 52.1 Å². The summed E-state index contributed by atoms with van der Waals surface area (Å²) in [5.41, 5.74) is 3.39. The number of benzene rings is 4. The molecule has 4 fully saturated rings. The Morgan fingerprint density at radius 3 is 2.29 bits per heavy atom. The van der Waals surface area contributed by atoms with Gasteiger partial charge in [0.25, 0.3) is 5.91 Å². The number of urea groups is 1. The number of imide groups is 1. The average Bonchev–Trinajstić information content (AvgIpc) is 3.90. The molecule has 16 nitrogen and oxygen atoms in total. The number of carbonyl (C=O) groups is 4. The van der Waals surface area contributed by atoms with Crippen molar-refractivity contribution in [3.8, 4) is 22.6 Å². The zero-order chi connectivity index (χ0) is 53.1. The van der Waals surface area contributed by atoms with E-state index >= 15 is 17.6 Å². The number of amides is 5. The Morgan fingerprint density at radius 1 is 0.920 bits per heavy atom. The molecular formula is C54H59ClF4N8O8. The molecule has 5 heterocycles. The molecule has 6 N–H and O–H groups in total. The van der Waals surface area contributed by atoms with Crippen LogP contribution in [0.1, 0.15) is 104 Å². The molecule has 2 atom stereocenters. The first kappa shape index (κ1) is 52.1. The van der Waals surface area contributed by atoms with E-state index < -0.39 is 69.9 Å². The van der Waals surface area contributed by atoms with Crippen LogP contribution >= 0.6 is 11.6 Å². The van der Waals surface area contributed by atoms with E-state index in [1.54, 1.807) is 4.90 Å². The Bertz CT molecular complexity index is 3070. The minimum absolute atomic E-state index is 0.00344. The van der Waals surface area contributed by atoms with Crippen LogP contribution in [0.2, 0.25) is 5.02 Å². The lowest BCUT2D eigenvalue weighted by molar-refractivity contribution is -0.157. The summed E-state index contributed by atoms with van der Waals surface area (Å²) >= 11 is 6.70. The fraction of sp³-hybridized carbons (Fsp3) is 0.463. The number of piperidine rings is 2. The zero-order valence-electron chi connectivity index (χ0n) is 41.6. The highest BCUT2D eigenvalue weighted by Crippen LogP contribution is 2.57. The molecule has 10 rings (SSSR count). The Labute approximate surface area is 435 Å². The number of aliphatic hydroxyl groups is 2. The molecular weight excluding hydrogens is 1000 g/mol. The summed E-state index contributed by atoms with van der Waals surface area (Å²) < 4.78 is 78.1. The van der Waals surface area contributed by atoms with Gasteiger partial charge >= 0.3 is 6.03 Å². The van der Waals surface area contributed by atoms with Gasteiger partial charge in [0.2, 0.25) is 11.8 Å². The Hall–Kier alpha value is -6.32. The van der Waals surface area contributed by atoms with E-state index in [0.29, 0.717) is 70.3 Å². The van der Waals surface area contributed by atoms with Crippen LogP contribution in [-0.2, 0) is 22.2 Å². The van der Waals surface area contributed by atoms with E-state index in [4.69, 9.17) is 26.8 Å². The first-order valence-corrected chi connectivity index (χ1v) is 25.9. The van der Waals surface area contributed by atoms with Gasteiger partial charge in [-0.3, -0.25) is 29.3 Å². The van der Waals surface area contributed by atoms with E-state index in [1.807, 2.05) is 37.3 Å². The third-order valence-electron chi connectivity index (χ3n) is 16.3. The average molecular weight is 1060 g/mol. The number of anilines is 1. The molecule has 3 saturated heterocycles. The van der Waals surface area contributed by atoms with Crippen LogP contribution in [0.3, 0.4) is 0 Å². The summed E-state index contributed by atoms with van der Waals surface area (Å²) in [6, 6.07) is 13.4. The highest BCUT2D eigenvalue weighted by atomic mass is 35.5. The van der Waals surface area contributed by atoms with Gasteiger partial charge in [0.05, 0.1) is 22.6 Å². The van der Waals surface area contributed by atoms with Gasteiger partial charge in [0, 0.05) is 86.0 Å². The van der Waals surface area contributed by atoms with Gasteiger partial charge in [-0.2, -0.15) is 5.10 Å². The highest BCUT2D eigenvalue weighted by molar-refractivity contribution is 6.34. The summed E-state index contributed by atoms with van der Waals surface area (Å²) in [6.07, 6.45) is 3.74. The number of primary amides is 1. The van der Waals surface area contributed by atoms with Crippen molar-refractivity contribution in [2.75, 3.05) is 57.4 Å². The van der Waals surface area contributed by atoms with Crippen LogP contribution in [0.4, 0.5) is 28.2 Å². The molecule has 0 radical (unpaired) electrons. The SMILES string of the molecule is C[C@H]1c2c(cc(F)c(Cl)c2-c2c(C(N)=O)ccc(OCCO)c2F)O[C@]1(CNC1CCC(O)(C(=O)N2CCC(N3CCC(c4c(F)cc5c(N6CCC(=O)NC6=O)nn(C)c5c4F)CC3)CC2)CC1)c1ccccc1. The normalized spacial score (nSPS) is 23.9. The monoisotopic (exact) mass is 1060 g/mol. The summed E-state index contributed by atoms with van der Waals surface area (Å²) in [5, 5.41) is 31.2. The number of halogens is 5. The third kappa shape index (κ3) is 9.35. The van der Waals surface area contributed by atoms with E-state index in [2.05, 4.69) is 20.6 Å². The first-order valence-electron chi connectivity index (χ1n) is 25.5.